The van der Waals surface area contributed by atoms with Crippen LogP contribution in [0.2, 0.25) is 0 Å². The smallest absolute Gasteiger partial charge is 0.257 e. The molecule has 0 fully saturated rings. The number of hydrogen-bond donors (Lipinski definition) is 2. The topological polar surface area (TPSA) is 41.1 Å². The lowest BCUT2D eigenvalue weighted by Crippen LogP contribution is -2.38. The number of amides is 1. The predicted molar refractivity (Wildman–Crippen MR) is 89.3 cm³/mol. The molecule has 0 spiro atoms. The van der Waals surface area contributed by atoms with Crippen molar-refractivity contribution in [3.05, 3.63) is 70.8 Å². The highest BCUT2D eigenvalue weighted by Gasteiger charge is 2.08. The van der Waals surface area contributed by atoms with Gasteiger partial charge in [-0.25, -0.2) is 0 Å². The molecular formula is C17H18N2OS. The fourth-order valence-corrected chi connectivity index (χ4v) is 2.27. The molecule has 1 amide bonds. The van der Waals surface area contributed by atoms with Crippen LogP contribution in [-0.2, 0) is 6.54 Å². The molecule has 0 saturated heterocycles. The maximum Gasteiger partial charge on any atom is 0.257 e. The zero-order valence-electron chi connectivity index (χ0n) is 12.1. The molecule has 108 valence electrons. The van der Waals surface area contributed by atoms with Crippen LogP contribution in [0.25, 0.3) is 0 Å². The van der Waals surface area contributed by atoms with Gasteiger partial charge in [-0.2, -0.15) is 0 Å². The zero-order chi connectivity index (χ0) is 15.2. The average Bonchev–Trinajstić information content (AvgIpc) is 2.45. The monoisotopic (exact) mass is 298 g/mol. The van der Waals surface area contributed by atoms with E-state index < -0.39 is 0 Å². The van der Waals surface area contributed by atoms with Gasteiger partial charge in [0.2, 0.25) is 0 Å². The van der Waals surface area contributed by atoms with Crippen molar-refractivity contribution in [1.82, 2.24) is 10.6 Å². The maximum absolute atomic E-state index is 12.1. The van der Waals surface area contributed by atoms with Crippen molar-refractivity contribution in [1.29, 1.82) is 0 Å². The van der Waals surface area contributed by atoms with E-state index in [0.717, 1.165) is 16.7 Å². The van der Waals surface area contributed by atoms with Gasteiger partial charge in [0.25, 0.3) is 5.91 Å². The zero-order valence-corrected chi connectivity index (χ0v) is 13.0. The summed E-state index contributed by atoms with van der Waals surface area (Å²) in [6.45, 7) is 4.53. The van der Waals surface area contributed by atoms with Gasteiger partial charge in [0.1, 0.15) is 0 Å². The van der Waals surface area contributed by atoms with Gasteiger partial charge in [0, 0.05) is 12.1 Å². The van der Waals surface area contributed by atoms with Gasteiger partial charge in [0.15, 0.2) is 5.11 Å². The highest BCUT2D eigenvalue weighted by atomic mass is 32.1. The first-order valence-electron chi connectivity index (χ1n) is 6.76. The predicted octanol–water partition coefficient (Wildman–Crippen LogP) is 3.11. The fourth-order valence-electron chi connectivity index (χ4n) is 2.10. The molecule has 2 aromatic carbocycles. The number of carbonyl (C=O) groups is 1. The average molecular weight is 298 g/mol. The third-order valence-electron chi connectivity index (χ3n) is 3.01. The van der Waals surface area contributed by atoms with Crippen LogP contribution in [0.15, 0.2) is 48.5 Å². The lowest BCUT2D eigenvalue weighted by Gasteiger charge is -2.10. The van der Waals surface area contributed by atoms with Crippen molar-refractivity contribution in [2.24, 2.45) is 0 Å². The first kappa shape index (κ1) is 15.2. The molecule has 0 aliphatic carbocycles. The SMILES string of the molecule is Cc1cc(C)cc(C(=O)NC(=S)NCc2ccccc2)c1. The van der Waals surface area contributed by atoms with Crippen LogP contribution in [0.5, 0.6) is 0 Å². The number of benzene rings is 2. The van der Waals surface area contributed by atoms with Crippen molar-refractivity contribution in [2.45, 2.75) is 20.4 Å². The Morgan fingerprint density at radius 2 is 1.67 bits per heavy atom. The van der Waals surface area contributed by atoms with E-state index >= 15 is 0 Å². The van der Waals surface area contributed by atoms with Crippen LogP contribution in [0, 0.1) is 13.8 Å². The van der Waals surface area contributed by atoms with E-state index in [2.05, 4.69) is 10.6 Å². The molecule has 2 N–H and O–H groups in total. The summed E-state index contributed by atoms with van der Waals surface area (Å²) in [6, 6.07) is 15.6. The Morgan fingerprint density at radius 1 is 1.05 bits per heavy atom. The second kappa shape index (κ2) is 6.99. The number of rotatable bonds is 3. The van der Waals surface area contributed by atoms with Crippen molar-refractivity contribution >= 4 is 23.2 Å². The highest BCUT2D eigenvalue weighted by Crippen LogP contribution is 2.08. The maximum atomic E-state index is 12.1. The lowest BCUT2D eigenvalue weighted by atomic mass is 10.1. The molecule has 3 nitrogen and oxygen atoms in total. The van der Waals surface area contributed by atoms with Crippen LogP contribution in [-0.4, -0.2) is 11.0 Å². The summed E-state index contributed by atoms with van der Waals surface area (Å²) in [5.41, 5.74) is 3.85. The minimum atomic E-state index is -0.188. The molecule has 0 bridgehead atoms. The number of aryl methyl sites for hydroxylation is 2. The van der Waals surface area contributed by atoms with Crippen LogP contribution >= 0.6 is 12.2 Å². The normalized spacial score (nSPS) is 10.0. The second-order valence-corrected chi connectivity index (χ2v) is 5.41. The summed E-state index contributed by atoms with van der Waals surface area (Å²) >= 11 is 5.15. The summed E-state index contributed by atoms with van der Waals surface area (Å²) in [5, 5.41) is 6.07. The Hall–Kier alpha value is -2.20. The van der Waals surface area contributed by atoms with Gasteiger partial charge in [-0.1, -0.05) is 47.5 Å². The van der Waals surface area contributed by atoms with E-state index in [1.54, 1.807) is 0 Å². The van der Waals surface area contributed by atoms with Crippen LogP contribution in [0.3, 0.4) is 0 Å². The molecule has 2 aromatic rings. The van der Waals surface area contributed by atoms with Crippen molar-refractivity contribution in [2.75, 3.05) is 0 Å². The van der Waals surface area contributed by atoms with Gasteiger partial charge in [-0.05, 0) is 43.8 Å². The first-order valence-corrected chi connectivity index (χ1v) is 7.17. The van der Waals surface area contributed by atoms with Crippen molar-refractivity contribution in [3.63, 3.8) is 0 Å². The second-order valence-electron chi connectivity index (χ2n) is 5.00. The van der Waals surface area contributed by atoms with E-state index in [0.29, 0.717) is 17.2 Å². The molecule has 2 rings (SSSR count). The van der Waals surface area contributed by atoms with Gasteiger partial charge in [-0.3, -0.25) is 10.1 Å². The van der Waals surface area contributed by atoms with Crippen molar-refractivity contribution < 1.29 is 4.79 Å². The highest BCUT2D eigenvalue weighted by molar-refractivity contribution is 7.80. The first-order chi connectivity index (χ1) is 10.0. The third-order valence-corrected chi connectivity index (χ3v) is 3.25. The molecule has 0 heterocycles. The summed E-state index contributed by atoms with van der Waals surface area (Å²) < 4.78 is 0. The number of thiocarbonyl (C=S) groups is 1. The van der Waals surface area contributed by atoms with Gasteiger partial charge in [0.05, 0.1) is 0 Å². The minimum Gasteiger partial charge on any atom is -0.358 e. The Kier molecular flexibility index (Phi) is 5.06. The number of carbonyl (C=O) groups excluding carboxylic acids is 1. The lowest BCUT2D eigenvalue weighted by molar-refractivity contribution is 0.0976. The molecule has 0 unspecified atom stereocenters. The number of hydrogen-bond acceptors (Lipinski definition) is 2. The van der Waals surface area contributed by atoms with Crippen LogP contribution < -0.4 is 10.6 Å². The molecule has 0 aliphatic heterocycles. The Bertz CT molecular complexity index is 633. The summed E-state index contributed by atoms with van der Waals surface area (Å²) in [4.78, 5) is 12.1. The van der Waals surface area contributed by atoms with Gasteiger partial charge < -0.3 is 5.32 Å². The molecular weight excluding hydrogens is 280 g/mol. The molecule has 0 saturated carbocycles. The minimum absolute atomic E-state index is 0.188. The van der Waals surface area contributed by atoms with E-state index in [-0.39, 0.29) is 5.91 Å². The fraction of sp³-hybridized carbons (Fsp3) is 0.176. The Balaban J connectivity index is 1.91. The molecule has 0 atom stereocenters. The summed E-state index contributed by atoms with van der Waals surface area (Å²) in [5.74, 6) is -0.188. The third kappa shape index (κ3) is 4.68. The number of nitrogens with one attached hydrogen (secondary N) is 2. The van der Waals surface area contributed by atoms with E-state index in [4.69, 9.17) is 12.2 Å². The Morgan fingerprint density at radius 3 is 2.29 bits per heavy atom. The molecule has 21 heavy (non-hydrogen) atoms. The van der Waals surface area contributed by atoms with Gasteiger partial charge >= 0.3 is 0 Å². The largest absolute Gasteiger partial charge is 0.358 e. The molecule has 0 aromatic heterocycles. The van der Waals surface area contributed by atoms with E-state index in [1.807, 2.05) is 62.4 Å². The van der Waals surface area contributed by atoms with Gasteiger partial charge in [-0.15, -0.1) is 0 Å². The quantitative estimate of drug-likeness (QED) is 0.856. The molecule has 0 radical (unpaired) electrons. The summed E-state index contributed by atoms with van der Waals surface area (Å²) in [6.07, 6.45) is 0. The summed E-state index contributed by atoms with van der Waals surface area (Å²) in [7, 11) is 0. The Labute approximate surface area is 130 Å². The van der Waals surface area contributed by atoms with Crippen LogP contribution in [0.4, 0.5) is 0 Å². The molecule has 4 heteroatoms. The standard InChI is InChI=1S/C17H18N2OS/c1-12-8-13(2)10-15(9-12)16(20)19-17(21)18-11-14-6-4-3-5-7-14/h3-10H,11H2,1-2H3,(H2,18,19,20,21). The van der Waals surface area contributed by atoms with E-state index in [9.17, 15) is 4.79 Å². The van der Waals surface area contributed by atoms with Crippen LogP contribution in [0.1, 0.15) is 27.0 Å². The van der Waals surface area contributed by atoms with Crippen molar-refractivity contribution in [3.8, 4) is 0 Å². The molecule has 0 aliphatic rings. The van der Waals surface area contributed by atoms with E-state index in [1.165, 1.54) is 0 Å².